The number of hydrogen-bond donors (Lipinski definition) is 2. The summed E-state index contributed by atoms with van der Waals surface area (Å²) in [5.41, 5.74) is 2.06. The van der Waals surface area contributed by atoms with Crippen molar-refractivity contribution in [2.24, 2.45) is 5.92 Å². The number of aryl methyl sites for hydroxylation is 2. The van der Waals surface area contributed by atoms with Crippen molar-refractivity contribution in [3.8, 4) is 0 Å². The number of benzene rings is 1. The molecule has 28 heavy (non-hydrogen) atoms. The Balaban J connectivity index is 1.62. The van der Waals surface area contributed by atoms with Gasteiger partial charge in [-0.25, -0.2) is 9.97 Å². The molecule has 1 aromatic heterocycles. The molecule has 2 aromatic rings. The van der Waals surface area contributed by atoms with Crippen LogP contribution in [0.4, 0.5) is 5.69 Å². The summed E-state index contributed by atoms with van der Waals surface area (Å²) in [5, 5.41) is 11.8. The van der Waals surface area contributed by atoms with E-state index in [0.717, 1.165) is 0 Å². The van der Waals surface area contributed by atoms with Gasteiger partial charge in [0, 0.05) is 30.5 Å². The molecular weight excluding hydrogens is 360 g/mol. The van der Waals surface area contributed by atoms with Crippen molar-refractivity contribution in [1.82, 2.24) is 14.9 Å². The molecule has 1 fully saturated rings. The molecule has 0 spiro atoms. The van der Waals surface area contributed by atoms with Crippen molar-refractivity contribution < 1.29 is 19.5 Å². The molecule has 2 N–H and O–H groups in total. The van der Waals surface area contributed by atoms with Crippen LogP contribution in [0, 0.1) is 19.8 Å². The largest absolute Gasteiger partial charge is 0.481 e. The van der Waals surface area contributed by atoms with Gasteiger partial charge in [-0.05, 0) is 51.0 Å². The van der Waals surface area contributed by atoms with Crippen molar-refractivity contribution in [3.05, 3.63) is 53.1 Å². The van der Waals surface area contributed by atoms with Gasteiger partial charge >= 0.3 is 5.97 Å². The highest BCUT2D eigenvalue weighted by atomic mass is 16.4. The zero-order valence-electron chi connectivity index (χ0n) is 15.8. The lowest BCUT2D eigenvalue weighted by Gasteiger charge is -2.30. The van der Waals surface area contributed by atoms with Crippen molar-refractivity contribution in [1.29, 1.82) is 0 Å². The van der Waals surface area contributed by atoms with Crippen LogP contribution in [0.25, 0.3) is 0 Å². The van der Waals surface area contributed by atoms with Crippen molar-refractivity contribution >= 4 is 23.5 Å². The number of likely N-dealkylation sites (tertiary alicyclic amines) is 1. The molecule has 0 bridgehead atoms. The van der Waals surface area contributed by atoms with E-state index < -0.39 is 5.97 Å². The standard InChI is InChI=1S/C20H22N4O4/c1-12-17(11-21-13(2)22-12)18(25)23-16-5-3-14(4-6-16)19(26)24-9-7-15(8-10-24)20(27)28/h3-6,11,15H,7-10H2,1-2H3,(H,23,25)(H,27,28). The normalized spacial score (nSPS) is 14.6. The van der Waals surface area contributed by atoms with Gasteiger partial charge < -0.3 is 15.3 Å². The Bertz CT molecular complexity index is 903. The number of rotatable bonds is 4. The van der Waals surface area contributed by atoms with E-state index >= 15 is 0 Å². The average molecular weight is 382 g/mol. The summed E-state index contributed by atoms with van der Waals surface area (Å²) < 4.78 is 0. The number of carboxylic acid groups (broad SMARTS) is 1. The summed E-state index contributed by atoms with van der Waals surface area (Å²) >= 11 is 0. The van der Waals surface area contributed by atoms with Gasteiger partial charge in [0.1, 0.15) is 5.82 Å². The number of aromatic nitrogens is 2. The van der Waals surface area contributed by atoms with Crippen LogP contribution in [0.15, 0.2) is 30.5 Å². The maximum Gasteiger partial charge on any atom is 0.306 e. The van der Waals surface area contributed by atoms with Crippen LogP contribution in [0.1, 0.15) is 45.1 Å². The number of carbonyl (C=O) groups is 3. The number of nitrogens with one attached hydrogen (secondary N) is 1. The fourth-order valence-electron chi connectivity index (χ4n) is 3.21. The van der Waals surface area contributed by atoms with Crippen molar-refractivity contribution in [3.63, 3.8) is 0 Å². The number of hydrogen-bond acceptors (Lipinski definition) is 5. The fraction of sp³-hybridized carbons (Fsp3) is 0.350. The first-order chi connectivity index (χ1) is 13.3. The zero-order chi connectivity index (χ0) is 20.3. The third-order valence-electron chi connectivity index (χ3n) is 4.87. The van der Waals surface area contributed by atoms with Crippen LogP contribution >= 0.6 is 0 Å². The Morgan fingerprint density at radius 1 is 1.11 bits per heavy atom. The molecule has 1 aromatic carbocycles. The van der Waals surface area contributed by atoms with E-state index in [2.05, 4.69) is 15.3 Å². The summed E-state index contributed by atoms with van der Waals surface area (Å²) in [6, 6.07) is 6.64. The minimum absolute atomic E-state index is 0.135. The molecular formula is C20H22N4O4. The highest BCUT2D eigenvalue weighted by Crippen LogP contribution is 2.20. The van der Waals surface area contributed by atoms with E-state index in [1.165, 1.54) is 6.20 Å². The molecule has 2 heterocycles. The van der Waals surface area contributed by atoms with Gasteiger partial charge in [-0.2, -0.15) is 0 Å². The maximum absolute atomic E-state index is 12.6. The first-order valence-electron chi connectivity index (χ1n) is 9.09. The summed E-state index contributed by atoms with van der Waals surface area (Å²) in [6.45, 7) is 4.37. The lowest BCUT2D eigenvalue weighted by molar-refractivity contribution is -0.143. The van der Waals surface area contributed by atoms with E-state index in [1.54, 1.807) is 43.0 Å². The summed E-state index contributed by atoms with van der Waals surface area (Å²) in [5.74, 6) is -1.03. The molecule has 0 atom stereocenters. The number of nitrogens with zero attached hydrogens (tertiary/aromatic N) is 3. The molecule has 3 rings (SSSR count). The Morgan fingerprint density at radius 2 is 1.75 bits per heavy atom. The predicted octanol–water partition coefficient (Wildman–Crippen LogP) is 2.28. The van der Waals surface area contributed by atoms with Gasteiger partial charge in [0.05, 0.1) is 17.2 Å². The molecule has 1 aliphatic heterocycles. The first-order valence-corrected chi connectivity index (χ1v) is 9.09. The Hall–Kier alpha value is -3.29. The van der Waals surface area contributed by atoms with Crippen LogP contribution < -0.4 is 5.32 Å². The van der Waals surface area contributed by atoms with Gasteiger partial charge in [-0.15, -0.1) is 0 Å². The number of carboxylic acids is 1. The Kier molecular flexibility index (Phi) is 5.67. The van der Waals surface area contributed by atoms with Crippen molar-refractivity contribution in [2.45, 2.75) is 26.7 Å². The monoisotopic (exact) mass is 382 g/mol. The molecule has 8 nitrogen and oxygen atoms in total. The van der Waals surface area contributed by atoms with Crippen LogP contribution in [-0.4, -0.2) is 50.8 Å². The molecule has 8 heteroatoms. The van der Waals surface area contributed by atoms with Crippen LogP contribution in [0.3, 0.4) is 0 Å². The van der Waals surface area contributed by atoms with E-state index in [0.29, 0.717) is 54.3 Å². The van der Waals surface area contributed by atoms with E-state index in [9.17, 15) is 14.4 Å². The maximum atomic E-state index is 12.6. The van der Waals surface area contributed by atoms with Crippen LogP contribution in [0.2, 0.25) is 0 Å². The van der Waals surface area contributed by atoms with E-state index in [-0.39, 0.29) is 17.7 Å². The van der Waals surface area contributed by atoms with Gasteiger partial charge in [0.2, 0.25) is 0 Å². The van der Waals surface area contributed by atoms with Crippen molar-refractivity contribution in [2.75, 3.05) is 18.4 Å². The summed E-state index contributed by atoms with van der Waals surface area (Å²) in [4.78, 5) is 45.9. The fourth-order valence-corrected chi connectivity index (χ4v) is 3.21. The lowest BCUT2D eigenvalue weighted by atomic mass is 9.96. The van der Waals surface area contributed by atoms with Gasteiger partial charge in [-0.3, -0.25) is 14.4 Å². The number of carbonyl (C=O) groups excluding carboxylic acids is 2. The molecule has 146 valence electrons. The van der Waals surface area contributed by atoms with Gasteiger partial charge in [0.15, 0.2) is 0 Å². The number of anilines is 1. The molecule has 0 radical (unpaired) electrons. The molecule has 0 saturated carbocycles. The Labute approximate surface area is 162 Å². The average Bonchev–Trinajstić information content (AvgIpc) is 2.68. The number of amides is 2. The number of aliphatic carboxylic acids is 1. The van der Waals surface area contributed by atoms with Crippen LogP contribution in [-0.2, 0) is 4.79 Å². The predicted molar refractivity (Wildman–Crippen MR) is 102 cm³/mol. The Morgan fingerprint density at radius 3 is 2.32 bits per heavy atom. The molecule has 0 aliphatic carbocycles. The summed E-state index contributed by atoms with van der Waals surface area (Å²) in [7, 11) is 0. The number of piperidine rings is 1. The SMILES string of the molecule is Cc1ncc(C(=O)Nc2ccc(C(=O)N3CCC(C(=O)O)CC3)cc2)c(C)n1. The second-order valence-corrected chi connectivity index (χ2v) is 6.85. The van der Waals surface area contributed by atoms with E-state index in [1.807, 2.05) is 0 Å². The second kappa shape index (κ2) is 8.16. The minimum atomic E-state index is -0.804. The molecule has 2 amide bonds. The lowest BCUT2D eigenvalue weighted by Crippen LogP contribution is -2.40. The topological polar surface area (TPSA) is 112 Å². The third kappa shape index (κ3) is 4.33. The third-order valence-corrected chi connectivity index (χ3v) is 4.87. The molecule has 1 saturated heterocycles. The highest BCUT2D eigenvalue weighted by molar-refractivity contribution is 6.05. The zero-order valence-corrected chi connectivity index (χ0v) is 15.8. The van der Waals surface area contributed by atoms with Crippen LogP contribution in [0.5, 0.6) is 0 Å². The minimum Gasteiger partial charge on any atom is -0.481 e. The van der Waals surface area contributed by atoms with Gasteiger partial charge in [-0.1, -0.05) is 0 Å². The second-order valence-electron chi connectivity index (χ2n) is 6.85. The highest BCUT2D eigenvalue weighted by Gasteiger charge is 2.27. The van der Waals surface area contributed by atoms with Gasteiger partial charge in [0.25, 0.3) is 11.8 Å². The summed E-state index contributed by atoms with van der Waals surface area (Å²) in [6.07, 6.45) is 2.42. The van der Waals surface area contributed by atoms with E-state index in [4.69, 9.17) is 5.11 Å². The molecule has 1 aliphatic rings. The quantitative estimate of drug-likeness (QED) is 0.839. The first kappa shape index (κ1) is 19.5. The molecule has 0 unspecified atom stereocenters. The smallest absolute Gasteiger partial charge is 0.306 e.